The summed E-state index contributed by atoms with van der Waals surface area (Å²) < 4.78 is 10.7. The van der Waals surface area contributed by atoms with E-state index in [1.165, 1.54) is 19.3 Å². The summed E-state index contributed by atoms with van der Waals surface area (Å²) in [5, 5.41) is 46.8. The normalized spacial score (nSPS) is 47.7. The lowest BCUT2D eigenvalue weighted by atomic mass is 9.41. The molecule has 3 fully saturated rings. The molecule has 0 bridgehead atoms. The summed E-state index contributed by atoms with van der Waals surface area (Å²) in [4.78, 5) is 23.5. The predicted octanol–water partition coefficient (Wildman–Crippen LogP) is 1.79. The summed E-state index contributed by atoms with van der Waals surface area (Å²) in [6.45, 7) is 5.09. The van der Waals surface area contributed by atoms with Crippen LogP contribution in [-0.2, 0) is 9.53 Å². The Hall–Kier alpha value is -2.00. The van der Waals surface area contributed by atoms with Gasteiger partial charge < -0.3 is 29.6 Å². The van der Waals surface area contributed by atoms with Crippen molar-refractivity contribution in [2.24, 2.45) is 16.7 Å². The zero-order valence-corrected chi connectivity index (χ0v) is 19.9. The highest BCUT2D eigenvalue weighted by Gasteiger charge is 2.77. The van der Waals surface area contributed by atoms with E-state index in [-0.39, 0.29) is 25.2 Å². The van der Waals surface area contributed by atoms with E-state index < -0.39 is 57.9 Å². The predicted molar refractivity (Wildman–Crippen MR) is 121 cm³/mol. The van der Waals surface area contributed by atoms with Gasteiger partial charge in [-0.15, -0.1) is 0 Å². The zero-order chi connectivity index (χ0) is 24.7. The fourth-order valence-electron chi connectivity index (χ4n) is 8.15. The first-order chi connectivity index (χ1) is 15.9. The van der Waals surface area contributed by atoms with Crippen molar-refractivity contribution in [3.63, 3.8) is 0 Å². The molecule has 0 spiro atoms. The van der Waals surface area contributed by atoms with Gasteiger partial charge in [0.2, 0.25) is 0 Å². The number of aliphatic hydroxyl groups is 4. The van der Waals surface area contributed by atoms with Gasteiger partial charge in [-0.3, -0.25) is 4.79 Å². The standard InChI is InChI=1S/C26H34O8/c1-14(27)34-19-12-25(31)20(23(2)8-6-16(28)10-18(19)23)11-21(29)24(3)17(7-9-26(24,25)32)15-4-5-22(30)33-13-15/h4-5,10,13,16-17,19-21,28-29,31-32H,6-9,11-12H2,1-3H3. The van der Waals surface area contributed by atoms with Gasteiger partial charge in [0.05, 0.1) is 18.5 Å². The van der Waals surface area contributed by atoms with Gasteiger partial charge in [0.1, 0.15) is 17.3 Å². The average Bonchev–Trinajstić information content (AvgIpc) is 3.06. The first kappa shape index (κ1) is 23.7. The van der Waals surface area contributed by atoms with Crippen LogP contribution in [0.4, 0.5) is 0 Å². The van der Waals surface area contributed by atoms with E-state index in [1.54, 1.807) is 19.1 Å². The maximum atomic E-state index is 12.5. The number of hydrogen-bond donors (Lipinski definition) is 4. The Balaban J connectivity index is 1.64. The van der Waals surface area contributed by atoms with Crippen molar-refractivity contribution in [3.05, 3.63) is 46.0 Å². The van der Waals surface area contributed by atoms with E-state index in [1.807, 2.05) is 6.92 Å². The quantitative estimate of drug-likeness (QED) is 0.376. The molecule has 8 nitrogen and oxygen atoms in total. The monoisotopic (exact) mass is 474 g/mol. The lowest BCUT2D eigenvalue weighted by Gasteiger charge is -2.67. The van der Waals surface area contributed by atoms with Crippen LogP contribution in [0.3, 0.4) is 0 Å². The fraction of sp³-hybridized carbons (Fsp3) is 0.692. The van der Waals surface area contributed by atoms with Crippen LogP contribution in [0.25, 0.3) is 0 Å². The van der Waals surface area contributed by atoms with Crippen LogP contribution >= 0.6 is 0 Å². The number of carbonyl (C=O) groups is 1. The van der Waals surface area contributed by atoms with Crippen LogP contribution in [0.1, 0.15) is 70.8 Å². The molecule has 0 aromatic carbocycles. The molecular formula is C26H34O8. The Morgan fingerprint density at radius 1 is 1.15 bits per heavy atom. The molecule has 9 atom stereocenters. The smallest absolute Gasteiger partial charge is 0.335 e. The molecule has 4 aliphatic carbocycles. The third-order valence-corrected chi connectivity index (χ3v) is 9.89. The molecule has 186 valence electrons. The van der Waals surface area contributed by atoms with E-state index in [2.05, 4.69) is 0 Å². The maximum Gasteiger partial charge on any atom is 0.335 e. The molecule has 1 aromatic heterocycles. The summed E-state index contributed by atoms with van der Waals surface area (Å²) >= 11 is 0. The van der Waals surface area contributed by atoms with Crippen molar-refractivity contribution < 1.29 is 34.4 Å². The second kappa shape index (κ2) is 7.50. The SMILES string of the molecule is CC(=O)OC1CC2(O)C(CC(O)C3(C)C(c4ccc(=O)oc4)CCC23O)C2(C)CCC(O)C=C12. The third kappa shape index (κ3) is 2.92. The summed E-state index contributed by atoms with van der Waals surface area (Å²) in [7, 11) is 0. The number of aliphatic hydroxyl groups excluding tert-OH is 2. The van der Waals surface area contributed by atoms with Crippen molar-refractivity contribution in [1.29, 1.82) is 0 Å². The lowest BCUT2D eigenvalue weighted by Crippen LogP contribution is -2.76. The van der Waals surface area contributed by atoms with E-state index in [0.29, 0.717) is 24.8 Å². The molecule has 34 heavy (non-hydrogen) atoms. The van der Waals surface area contributed by atoms with Gasteiger partial charge in [-0.25, -0.2) is 4.79 Å². The molecular weight excluding hydrogens is 440 g/mol. The van der Waals surface area contributed by atoms with Crippen molar-refractivity contribution >= 4 is 5.97 Å². The van der Waals surface area contributed by atoms with Crippen LogP contribution in [-0.4, -0.2) is 55.9 Å². The van der Waals surface area contributed by atoms with Crippen LogP contribution in [0, 0.1) is 16.7 Å². The summed E-state index contributed by atoms with van der Waals surface area (Å²) in [6.07, 6.45) is 2.70. The Morgan fingerprint density at radius 3 is 2.53 bits per heavy atom. The minimum atomic E-state index is -1.67. The highest BCUT2D eigenvalue weighted by atomic mass is 16.5. The number of esters is 1. The van der Waals surface area contributed by atoms with Gasteiger partial charge in [0.15, 0.2) is 0 Å². The number of carbonyl (C=O) groups excluding carboxylic acids is 1. The molecule has 0 amide bonds. The summed E-state index contributed by atoms with van der Waals surface area (Å²) in [5.41, 5.74) is -4.12. The number of rotatable bonds is 2. The van der Waals surface area contributed by atoms with Crippen LogP contribution in [0.5, 0.6) is 0 Å². The first-order valence-corrected chi connectivity index (χ1v) is 12.2. The Bertz CT molecular complexity index is 1070. The first-order valence-electron chi connectivity index (χ1n) is 12.2. The van der Waals surface area contributed by atoms with Gasteiger partial charge >= 0.3 is 11.6 Å². The molecule has 4 aliphatic rings. The molecule has 0 aliphatic heterocycles. The molecule has 8 heteroatoms. The highest BCUT2D eigenvalue weighted by Crippen LogP contribution is 2.71. The lowest BCUT2D eigenvalue weighted by molar-refractivity contribution is -0.308. The molecule has 5 rings (SSSR count). The van der Waals surface area contributed by atoms with Crippen LogP contribution in [0.15, 0.2) is 39.3 Å². The van der Waals surface area contributed by atoms with E-state index >= 15 is 0 Å². The largest absolute Gasteiger partial charge is 0.458 e. The highest BCUT2D eigenvalue weighted by molar-refractivity contribution is 5.66. The van der Waals surface area contributed by atoms with Gasteiger partial charge in [-0.2, -0.15) is 0 Å². The Labute approximate surface area is 198 Å². The van der Waals surface area contributed by atoms with Gasteiger partial charge in [-0.1, -0.05) is 19.9 Å². The average molecular weight is 475 g/mol. The topological polar surface area (TPSA) is 137 Å². The van der Waals surface area contributed by atoms with Crippen molar-refractivity contribution in [2.45, 2.75) is 94.7 Å². The maximum absolute atomic E-state index is 12.5. The van der Waals surface area contributed by atoms with E-state index in [4.69, 9.17) is 9.15 Å². The van der Waals surface area contributed by atoms with E-state index in [9.17, 15) is 30.0 Å². The molecule has 4 N–H and O–H groups in total. The van der Waals surface area contributed by atoms with Gasteiger partial charge in [0.25, 0.3) is 0 Å². The molecule has 3 saturated carbocycles. The minimum Gasteiger partial charge on any atom is -0.458 e. The van der Waals surface area contributed by atoms with Gasteiger partial charge in [-0.05, 0) is 60.6 Å². The number of ether oxygens (including phenoxy) is 1. The number of fused-ring (bicyclic) bond motifs is 5. The zero-order valence-electron chi connectivity index (χ0n) is 19.9. The summed E-state index contributed by atoms with van der Waals surface area (Å²) in [6, 6.07) is 2.98. The molecule has 9 unspecified atom stereocenters. The van der Waals surface area contributed by atoms with E-state index in [0.717, 1.165) is 5.57 Å². The van der Waals surface area contributed by atoms with Crippen LogP contribution in [0.2, 0.25) is 0 Å². The molecule has 1 heterocycles. The second-order valence-corrected chi connectivity index (χ2v) is 11.3. The Kier molecular flexibility index (Phi) is 5.23. The number of hydrogen-bond acceptors (Lipinski definition) is 8. The van der Waals surface area contributed by atoms with Crippen molar-refractivity contribution in [2.75, 3.05) is 0 Å². The Morgan fingerprint density at radius 2 is 1.88 bits per heavy atom. The van der Waals surface area contributed by atoms with Crippen molar-refractivity contribution in [1.82, 2.24) is 0 Å². The summed E-state index contributed by atoms with van der Waals surface area (Å²) in [5.74, 6) is -1.33. The second-order valence-electron chi connectivity index (χ2n) is 11.3. The van der Waals surface area contributed by atoms with Crippen molar-refractivity contribution in [3.8, 4) is 0 Å². The van der Waals surface area contributed by atoms with Crippen LogP contribution < -0.4 is 5.63 Å². The molecule has 1 aromatic rings. The minimum absolute atomic E-state index is 0.0131. The molecule has 0 radical (unpaired) electrons. The van der Waals surface area contributed by atoms with Gasteiger partial charge in [0, 0.05) is 30.7 Å². The third-order valence-electron chi connectivity index (χ3n) is 9.89. The molecule has 0 saturated heterocycles. The fourth-order valence-corrected chi connectivity index (χ4v) is 8.15.